The number of hydrogen-bond donors (Lipinski definition) is 1. The third-order valence-electron chi connectivity index (χ3n) is 5.84. The maximum Gasteiger partial charge on any atom is 0.264 e. The predicted octanol–water partition coefficient (Wildman–Crippen LogP) is 4.24. The van der Waals surface area contributed by atoms with Gasteiger partial charge in [0.25, 0.3) is 10.0 Å². The first-order chi connectivity index (χ1) is 18.1. The molecule has 0 saturated heterocycles. The molecule has 38 heavy (non-hydrogen) atoms. The minimum absolute atomic E-state index is 0.0801. The maximum absolute atomic E-state index is 14.5. The van der Waals surface area contributed by atoms with Crippen LogP contribution in [0.2, 0.25) is 5.02 Å². The van der Waals surface area contributed by atoms with Crippen molar-refractivity contribution in [2.45, 2.75) is 31.3 Å². The average molecular weight is 562 g/mol. The van der Waals surface area contributed by atoms with Crippen molar-refractivity contribution in [2.24, 2.45) is 0 Å². The van der Waals surface area contributed by atoms with Gasteiger partial charge in [-0.1, -0.05) is 35.9 Å². The van der Waals surface area contributed by atoms with Gasteiger partial charge in [0.15, 0.2) is 0 Å². The van der Waals surface area contributed by atoms with Gasteiger partial charge in [-0.15, -0.1) is 0 Å². The summed E-state index contributed by atoms with van der Waals surface area (Å²) in [6.07, 6.45) is 0. The van der Waals surface area contributed by atoms with Crippen LogP contribution in [0.1, 0.15) is 19.4 Å². The van der Waals surface area contributed by atoms with E-state index >= 15 is 0 Å². The summed E-state index contributed by atoms with van der Waals surface area (Å²) in [5.41, 5.74) is 0.336. The minimum atomic E-state index is -4.26. The molecule has 8 nitrogen and oxygen atoms in total. The van der Waals surface area contributed by atoms with Crippen molar-refractivity contribution in [3.63, 3.8) is 0 Å². The van der Waals surface area contributed by atoms with Crippen LogP contribution in [0.3, 0.4) is 0 Å². The zero-order valence-corrected chi connectivity index (χ0v) is 22.8. The van der Waals surface area contributed by atoms with E-state index in [1.54, 1.807) is 25.1 Å². The van der Waals surface area contributed by atoms with Crippen molar-refractivity contribution in [1.29, 1.82) is 0 Å². The third-order valence-corrected chi connectivity index (χ3v) is 7.86. The first kappa shape index (κ1) is 28.9. The summed E-state index contributed by atoms with van der Waals surface area (Å²) >= 11 is 6.15. The number of hydrogen-bond acceptors (Lipinski definition) is 5. The van der Waals surface area contributed by atoms with Crippen LogP contribution < -0.4 is 14.4 Å². The molecule has 2 amide bonds. The Morgan fingerprint density at radius 2 is 1.74 bits per heavy atom. The highest BCUT2D eigenvalue weighted by Crippen LogP contribution is 2.28. The second-order valence-corrected chi connectivity index (χ2v) is 10.6. The van der Waals surface area contributed by atoms with Gasteiger partial charge in [0.05, 0.1) is 17.7 Å². The van der Waals surface area contributed by atoms with Crippen LogP contribution in [-0.2, 0) is 26.2 Å². The number of rotatable bonds is 11. The summed E-state index contributed by atoms with van der Waals surface area (Å²) in [5.74, 6) is -1.25. The predicted molar refractivity (Wildman–Crippen MR) is 144 cm³/mol. The SMILES string of the molecule is CCNC(=O)[C@H](C)N(Cc1ccccc1F)C(=O)CN(c1cccc(Cl)c1)S(=O)(=O)c1ccc(OC)cc1. The van der Waals surface area contributed by atoms with Crippen molar-refractivity contribution in [3.05, 3.63) is 89.2 Å². The molecule has 0 bridgehead atoms. The van der Waals surface area contributed by atoms with Gasteiger partial charge < -0.3 is 15.0 Å². The summed E-state index contributed by atoms with van der Waals surface area (Å²) in [6, 6.07) is 16.7. The molecular formula is C27H29ClFN3O5S. The maximum atomic E-state index is 14.5. The molecule has 0 spiro atoms. The number of amides is 2. The van der Waals surface area contributed by atoms with Crippen molar-refractivity contribution < 1.29 is 27.1 Å². The van der Waals surface area contributed by atoms with Crippen molar-refractivity contribution in [1.82, 2.24) is 10.2 Å². The summed E-state index contributed by atoms with van der Waals surface area (Å²) < 4.78 is 48.0. The Hall–Kier alpha value is -3.63. The Morgan fingerprint density at radius 3 is 2.34 bits per heavy atom. The van der Waals surface area contributed by atoms with Gasteiger partial charge in [-0.3, -0.25) is 13.9 Å². The van der Waals surface area contributed by atoms with Crippen molar-refractivity contribution in [2.75, 3.05) is 24.5 Å². The zero-order chi connectivity index (χ0) is 27.9. The molecule has 0 heterocycles. The molecule has 0 aliphatic rings. The lowest BCUT2D eigenvalue weighted by molar-refractivity contribution is -0.139. The van der Waals surface area contributed by atoms with E-state index < -0.39 is 40.2 Å². The quantitative estimate of drug-likeness (QED) is 0.378. The molecule has 1 atom stereocenters. The summed E-state index contributed by atoms with van der Waals surface area (Å²) in [6.45, 7) is 2.66. The van der Waals surface area contributed by atoms with E-state index in [0.717, 1.165) is 9.21 Å². The lowest BCUT2D eigenvalue weighted by Gasteiger charge is -2.32. The molecule has 0 aromatic heterocycles. The van der Waals surface area contributed by atoms with Gasteiger partial charge >= 0.3 is 0 Å². The van der Waals surface area contributed by atoms with Gasteiger partial charge in [0.2, 0.25) is 11.8 Å². The molecule has 3 aromatic rings. The molecule has 0 aliphatic heterocycles. The molecule has 202 valence electrons. The fourth-order valence-corrected chi connectivity index (χ4v) is 5.34. The van der Waals surface area contributed by atoms with Gasteiger partial charge in [-0.25, -0.2) is 12.8 Å². The Bertz CT molecular complexity index is 1390. The first-order valence-electron chi connectivity index (χ1n) is 11.8. The van der Waals surface area contributed by atoms with Crippen LogP contribution >= 0.6 is 11.6 Å². The average Bonchev–Trinajstić information content (AvgIpc) is 2.90. The number of nitrogens with zero attached hydrogens (tertiary/aromatic N) is 2. The standard InChI is InChI=1S/C27H29ClFN3O5S/c1-4-30-27(34)19(2)31(17-20-8-5-6-11-25(20)29)26(33)18-32(22-10-7-9-21(28)16-22)38(35,36)24-14-12-23(37-3)13-15-24/h5-16,19H,4,17-18H2,1-3H3,(H,30,34)/t19-/m0/s1. The number of halogens is 2. The molecule has 3 aromatic carbocycles. The van der Waals surface area contributed by atoms with Gasteiger partial charge in [-0.05, 0) is 62.4 Å². The van der Waals surface area contributed by atoms with E-state index in [1.165, 1.54) is 68.6 Å². The normalized spacial score (nSPS) is 11.9. The van der Waals surface area contributed by atoms with E-state index in [-0.39, 0.29) is 27.7 Å². The second kappa shape index (κ2) is 12.7. The number of likely N-dealkylation sites (N-methyl/N-ethyl adjacent to an activating group) is 1. The number of methoxy groups -OCH3 is 1. The fourth-order valence-electron chi connectivity index (χ4n) is 3.75. The smallest absolute Gasteiger partial charge is 0.264 e. The molecule has 0 aliphatic carbocycles. The number of ether oxygens (including phenoxy) is 1. The fraction of sp³-hybridized carbons (Fsp3) is 0.259. The number of carbonyl (C=O) groups excluding carboxylic acids is 2. The largest absolute Gasteiger partial charge is 0.497 e. The Balaban J connectivity index is 2.04. The van der Waals surface area contributed by atoms with E-state index in [4.69, 9.17) is 16.3 Å². The lowest BCUT2D eigenvalue weighted by atomic mass is 10.1. The third kappa shape index (κ3) is 6.81. The Kier molecular flexibility index (Phi) is 9.71. The molecule has 0 unspecified atom stereocenters. The molecule has 0 radical (unpaired) electrons. The van der Waals surface area contributed by atoms with Crippen LogP contribution in [0.4, 0.5) is 10.1 Å². The highest BCUT2D eigenvalue weighted by Gasteiger charge is 2.33. The molecule has 0 saturated carbocycles. The van der Waals surface area contributed by atoms with Crippen LogP contribution in [0.15, 0.2) is 77.7 Å². The Labute approximate surface area is 227 Å². The number of sulfonamides is 1. The molecule has 1 N–H and O–H groups in total. The molecule has 11 heteroatoms. The summed E-state index contributed by atoms with van der Waals surface area (Å²) in [4.78, 5) is 27.5. The molecule has 0 fully saturated rings. The van der Waals surface area contributed by atoms with Crippen LogP contribution in [0, 0.1) is 5.82 Å². The highest BCUT2D eigenvalue weighted by molar-refractivity contribution is 7.92. The Morgan fingerprint density at radius 1 is 1.05 bits per heavy atom. The van der Waals surface area contributed by atoms with Crippen LogP contribution in [-0.4, -0.2) is 51.4 Å². The van der Waals surface area contributed by atoms with Crippen molar-refractivity contribution in [3.8, 4) is 5.75 Å². The topological polar surface area (TPSA) is 96.0 Å². The number of nitrogens with one attached hydrogen (secondary N) is 1. The van der Waals surface area contributed by atoms with Gasteiger partial charge in [0, 0.05) is 23.7 Å². The number of carbonyl (C=O) groups is 2. The second-order valence-electron chi connectivity index (χ2n) is 8.35. The van der Waals surface area contributed by atoms with E-state index in [9.17, 15) is 22.4 Å². The summed E-state index contributed by atoms with van der Waals surface area (Å²) in [7, 11) is -2.81. The minimum Gasteiger partial charge on any atom is -0.497 e. The summed E-state index contributed by atoms with van der Waals surface area (Å²) in [5, 5.41) is 2.92. The van der Waals surface area contributed by atoms with Gasteiger partial charge in [0.1, 0.15) is 24.2 Å². The van der Waals surface area contributed by atoms with Crippen molar-refractivity contribution >= 4 is 39.1 Å². The van der Waals surface area contributed by atoms with Gasteiger partial charge in [-0.2, -0.15) is 0 Å². The molecular weight excluding hydrogens is 533 g/mol. The number of anilines is 1. The monoisotopic (exact) mass is 561 g/mol. The zero-order valence-electron chi connectivity index (χ0n) is 21.2. The first-order valence-corrected chi connectivity index (χ1v) is 13.6. The highest BCUT2D eigenvalue weighted by atomic mass is 35.5. The molecule has 3 rings (SSSR count). The van der Waals surface area contributed by atoms with Crippen LogP contribution in [0.5, 0.6) is 5.75 Å². The van der Waals surface area contributed by atoms with E-state index in [0.29, 0.717) is 12.3 Å². The van der Waals surface area contributed by atoms with E-state index in [2.05, 4.69) is 5.32 Å². The van der Waals surface area contributed by atoms with E-state index in [1.807, 2.05) is 0 Å². The van der Waals surface area contributed by atoms with Crippen LogP contribution in [0.25, 0.3) is 0 Å². The lowest BCUT2D eigenvalue weighted by Crippen LogP contribution is -2.51. The number of benzene rings is 3.